The van der Waals surface area contributed by atoms with E-state index >= 15 is 0 Å². The van der Waals surface area contributed by atoms with Crippen molar-refractivity contribution in [1.82, 2.24) is 15.1 Å². The molecule has 1 aliphatic rings. The van der Waals surface area contributed by atoms with Gasteiger partial charge in [-0.05, 0) is 18.8 Å². The molecule has 0 radical (unpaired) electrons. The molecule has 0 saturated carbocycles. The van der Waals surface area contributed by atoms with Crippen molar-refractivity contribution < 1.29 is 4.79 Å². The molecular formula is C14H25N5O. The molecular weight excluding hydrogens is 254 g/mol. The topological polar surface area (TPSA) is 76.2 Å². The minimum absolute atomic E-state index is 0.0329. The summed E-state index contributed by atoms with van der Waals surface area (Å²) >= 11 is 0. The molecule has 112 valence electrons. The van der Waals surface area contributed by atoms with Gasteiger partial charge < -0.3 is 16.0 Å². The third kappa shape index (κ3) is 2.59. The number of carbonyl (C=O) groups is 1. The minimum Gasteiger partial charge on any atom is -0.394 e. The molecule has 3 N–H and O–H groups in total. The predicted octanol–water partition coefficient (Wildman–Crippen LogP) is 1.09. The number of piperidine rings is 1. The maximum absolute atomic E-state index is 11.8. The summed E-state index contributed by atoms with van der Waals surface area (Å²) in [5.41, 5.74) is 7.95. The highest BCUT2D eigenvalue weighted by Crippen LogP contribution is 2.33. The number of aryl methyl sites for hydroxylation is 1. The van der Waals surface area contributed by atoms with E-state index in [-0.39, 0.29) is 11.8 Å². The van der Waals surface area contributed by atoms with Crippen molar-refractivity contribution in [1.29, 1.82) is 0 Å². The van der Waals surface area contributed by atoms with E-state index in [2.05, 4.69) is 29.2 Å². The number of amides is 1. The van der Waals surface area contributed by atoms with Crippen LogP contribution in [0.15, 0.2) is 0 Å². The Hall–Kier alpha value is -1.72. The molecule has 1 atom stereocenters. The van der Waals surface area contributed by atoms with Crippen LogP contribution >= 0.6 is 0 Å². The van der Waals surface area contributed by atoms with Crippen LogP contribution < -0.4 is 16.0 Å². The summed E-state index contributed by atoms with van der Waals surface area (Å²) in [7, 11) is 3.61. The van der Waals surface area contributed by atoms with Crippen molar-refractivity contribution in [2.24, 2.45) is 13.0 Å². The van der Waals surface area contributed by atoms with Gasteiger partial charge >= 0.3 is 0 Å². The summed E-state index contributed by atoms with van der Waals surface area (Å²) in [6.45, 7) is 5.81. The van der Waals surface area contributed by atoms with E-state index in [1.807, 2.05) is 11.7 Å². The second-order valence-electron chi connectivity index (χ2n) is 5.80. The highest BCUT2D eigenvalue weighted by Gasteiger charge is 2.29. The molecule has 1 aromatic rings. The number of nitrogens with two attached hydrogens (primary N) is 1. The molecule has 20 heavy (non-hydrogen) atoms. The first-order valence-electron chi connectivity index (χ1n) is 7.24. The van der Waals surface area contributed by atoms with Crippen LogP contribution in [0.2, 0.25) is 0 Å². The summed E-state index contributed by atoms with van der Waals surface area (Å²) in [6, 6.07) is 0. The second-order valence-corrected chi connectivity index (χ2v) is 5.80. The number of hydrogen-bond donors (Lipinski definition) is 2. The van der Waals surface area contributed by atoms with E-state index in [0.29, 0.717) is 12.5 Å². The van der Waals surface area contributed by atoms with Gasteiger partial charge in [-0.3, -0.25) is 9.48 Å². The fourth-order valence-corrected chi connectivity index (χ4v) is 2.94. The second kappa shape index (κ2) is 5.73. The maximum Gasteiger partial charge on any atom is 0.224 e. The number of rotatable bonds is 3. The number of anilines is 2. The molecule has 0 bridgehead atoms. The van der Waals surface area contributed by atoms with Crippen molar-refractivity contribution in [3.05, 3.63) is 5.69 Å². The van der Waals surface area contributed by atoms with Gasteiger partial charge in [-0.25, -0.2) is 0 Å². The molecule has 0 spiro atoms. The number of carbonyl (C=O) groups excluding carboxylic acids is 1. The highest BCUT2D eigenvalue weighted by molar-refractivity contribution is 5.79. The summed E-state index contributed by atoms with van der Waals surface area (Å²) in [6.07, 6.45) is 1.94. The van der Waals surface area contributed by atoms with Crippen molar-refractivity contribution in [2.75, 3.05) is 30.8 Å². The van der Waals surface area contributed by atoms with Crippen molar-refractivity contribution in [3.63, 3.8) is 0 Å². The SMILES string of the molecule is CNC(=O)C1CCCN(c2c(N)c(C(C)C)nn2C)C1. The molecule has 1 amide bonds. The average Bonchev–Trinajstić information content (AvgIpc) is 2.73. The molecule has 1 saturated heterocycles. The number of hydrogen-bond acceptors (Lipinski definition) is 4. The van der Waals surface area contributed by atoms with Gasteiger partial charge in [-0.2, -0.15) is 5.10 Å². The smallest absolute Gasteiger partial charge is 0.224 e. The normalized spacial score (nSPS) is 19.4. The van der Waals surface area contributed by atoms with E-state index < -0.39 is 0 Å². The standard InChI is InChI=1S/C14H25N5O/c1-9(2)12-11(15)14(18(4)17-12)19-7-5-6-10(8-19)13(20)16-3/h9-10H,5-8,15H2,1-4H3,(H,16,20). The largest absolute Gasteiger partial charge is 0.394 e. The van der Waals surface area contributed by atoms with Crippen molar-refractivity contribution >= 4 is 17.4 Å². The van der Waals surface area contributed by atoms with Crippen molar-refractivity contribution in [2.45, 2.75) is 32.6 Å². The Morgan fingerprint density at radius 3 is 2.75 bits per heavy atom. The number of nitrogens with zero attached hydrogens (tertiary/aromatic N) is 3. The molecule has 0 aromatic carbocycles. The van der Waals surface area contributed by atoms with Crippen LogP contribution in [0.4, 0.5) is 11.5 Å². The Labute approximate surface area is 120 Å². The van der Waals surface area contributed by atoms with Gasteiger partial charge in [-0.15, -0.1) is 0 Å². The Morgan fingerprint density at radius 1 is 1.50 bits per heavy atom. The Bertz CT molecular complexity index is 494. The van der Waals surface area contributed by atoms with E-state index in [4.69, 9.17) is 5.73 Å². The monoisotopic (exact) mass is 279 g/mol. The first-order valence-corrected chi connectivity index (χ1v) is 7.24. The first-order chi connectivity index (χ1) is 9.45. The molecule has 0 aliphatic carbocycles. The van der Waals surface area contributed by atoms with Crippen LogP contribution in [0, 0.1) is 5.92 Å². The van der Waals surface area contributed by atoms with Gasteiger partial charge in [0.1, 0.15) is 5.82 Å². The summed E-state index contributed by atoms with van der Waals surface area (Å²) in [5.74, 6) is 1.39. The van der Waals surface area contributed by atoms with Crippen LogP contribution in [-0.2, 0) is 11.8 Å². The van der Waals surface area contributed by atoms with Crippen molar-refractivity contribution in [3.8, 4) is 0 Å². The first kappa shape index (κ1) is 14.7. The Morgan fingerprint density at radius 2 is 2.20 bits per heavy atom. The van der Waals surface area contributed by atoms with Gasteiger partial charge in [-0.1, -0.05) is 13.8 Å². The lowest BCUT2D eigenvalue weighted by Gasteiger charge is -2.33. The highest BCUT2D eigenvalue weighted by atomic mass is 16.1. The lowest BCUT2D eigenvalue weighted by atomic mass is 9.97. The Balaban J connectivity index is 2.25. The minimum atomic E-state index is 0.0329. The van der Waals surface area contributed by atoms with E-state index in [1.54, 1.807) is 7.05 Å². The zero-order valence-corrected chi connectivity index (χ0v) is 12.8. The van der Waals surface area contributed by atoms with Crippen LogP contribution in [0.5, 0.6) is 0 Å². The Kier molecular flexibility index (Phi) is 4.20. The summed E-state index contributed by atoms with van der Waals surface area (Å²) in [4.78, 5) is 14.0. The van der Waals surface area contributed by atoms with Gasteiger partial charge in [0.25, 0.3) is 0 Å². The van der Waals surface area contributed by atoms with Crippen LogP contribution in [0.1, 0.15) is 38.3 Å². The third-order valence-electron chi connectivity index (χ3n) is 3.97. The van der Waals surface area contributed by atoms with Crippen LogP contribution in [-0.4, -0.2) is 35.8 Å². The fourth-order valence-electron chi connectivity index (χ4n) is 2.94. The molecule has 1 fully saturated rings. The predicted molar refractivity (Wildman–Crippen MR) is 80.7 cm³/mol. The number of nitrogens with one attached hydrogen (secondary N) is 1. The average molecular weight is 279 g/mol. The number of nitrogen functional groups attached to an aromatic ring is 1. The van der Waals surface area contributed by atoms with Gasteiger partial charge in [0.15, 0.2) is 0 Å². The van der Waals surface area contributed by atoms with Gasteiger partial charge in [0.05, 0.1) is 17.3 Å². The van der Waals surface area contributed by atoms with E-state index in [0.717, 1.165) is 36.6 Å². The van der Waals surface area contributed by atoms with Crippen LogP contribution in [0.25, 0.3) is 0 Å². The molecule has 6 nitrogen and oxygen atoms in total. The zero-order chi connectivity index (χ0) is 14.9. The molecule has 1 aliphatic heterocycles. The third-order valence-corrected chi connectivity index (χ3v) is 3.97. The van der Waals surface area contributed by atoms with E-state index in [9.17, 15) is 4.79 Å². The fraction of sp³-hybridized carbons (Fsp3) is 0.714. The quantitative estimate of drug-likeness (QED) is 0.868. The molecule has 1 unspecified atom stereocenters. The van der Waals surface area contributed by atoms with E-state index in [1.165, 1.54) is 0 Å². The number of aromatic nitrogens is 2. The lowest BCUT2D eigenvalue weighted by Crippen LogP contribution is -2.43. The molecule has 6 heteroatoms. The maximum atomic E-state index is 11.8. The molecule has 2 rings (SSSR count). The lowest BCUT2D eigenvalue weighted by molar-refractivity contribution is -0.124. The zero-order valence-electron chi connectivity index (χ0n) is 12.8. The van der Waals surface area contributed by atoms with Gasteiger partial charge in [0, 0.05) is 27.2 Å². The molecule has 1 aromatic heterocycles. The summed E-state index contributed by atoms with van der Waals surface area (Å²) < 4.78 is 1.84. The summed E-state index contributed by atoms with van der Waals surface area (Å²) in [5, 5.41) is 7.26. The van der Waals surface area contributed by atoms with Crippen LogP contribution in [0.3, 0.4) is 0 Å². The molecule has 2 heterocycles. The van der Waals surface area contributed by atoms with Gasteiger partial charge in [0.2, 0.25) is 5.91 Å².